The summed E-state index contributed by atoms with van der Waals surface area (Å²) in [5.74, 6) is 0.623. The van der Waals surface area contributed by atoms with Crippen molar-refractivity contribution in [3.05, 3.63) is 29.8 Å². The van der Waals surface area contributed by atoms with E-state index in [1.165, 1.54) is 44.9 Å². The Kier molecular flexibility index (Phi) is 5.89. The van der Waals surface area contributed by atoms with Crippen LogP contribution in [0.3, 0.4) is 0 Å². The first-order valence-electron chi connectivity index (χ1n) is 9.41. The standard InChI is InChI=1S/C20H28N2O2/c23-19(14-15-6-4-5-7-15)21-18-12-10-16(11-13-18)20(24)22-17-8-2-1-3-9-17/h10-13,15,17H,1-9,14H2,(H,21,23)(H,22,24). The second kappa shape index (κ2) is 8.32. The lowest BCUT2D eigenvalue weighted by atomic mass is 9.95. The van der Waals surface area contributed by atoms with Crippen LogP contribution in [0.5, 0.6) is 0 Å². The first-order valence-corrected chi connectivity index (χ1v) is 9.41. The van der Waals surface area contributed by atoms with E-state index in [1.807, 2.05) is 12.1 Å². The number of carbonyl (C=O) groups is 2. The van der Waals surface area contributed by atoms with E-state index < -0.39 is 0 Å². The molecule has 0 aliphatic heterocycles. The van der Waals surface area contributed by atoms with Crippen molar-refractivity contribution in [2.45, 2.75) is 70.3 Å². The summed E-state index contributed by atoms with van der Waals surface area (Å²) in [6.45, 7) is 0. The van der Waals surface area contributed by atoms with Gasteiger partial charge in [0.2, 0.25) is 5.91 Å². The third-order valence-corrected chi connectivity index (χ3v) is 5.32. The summed E-state index contributed by atoms with van der Waals surface area (Å²) < 4.78 is 0. The summed E-state index contributed by atoms with van der Waals surface area (Å²) in [4.78, 5) is 24.3. The molecule has 4 nitrogen and oxygen atoms in total. The molecule has 2 aliphatic carbocycles. The Balaban J connectivity index is 1.48. The van der Waals surface area contributed by atoms with Crippen molar-refractivity contribution < 1.29 is 9.59 Å². The van der Waals surface area contributed by atoms with E-state index in [1.54, 1.807) is 12.1 Å². The van der Waals surface area contributed by atoms with Gasteiger partial charge in [-0.2, -0.15) is 0 Å². The molecule has 1 aromatic rings. The molecule has 2 N–H and O–H groups in total. The highest BCUT2D eigenvalue weighted by Crippen LogP contribution is 2.27. The Labute approximate surface area is 144 Å². The predicted molar refractivity (Wildman–Crippen MR) is 96.0 cm³/mol. The van der Waals surface area contributed by atoms with E-state index >= 15 is 0 Å². The molecule has 1 aromatic carbocycles. The van der Waals surface area contributed by atoms with Crippen LogP contribution >= 0.6 is 0 Å². The molecule has 0 unspecified atom stereocenters. The fraction of sp³-hybridized carbons (Fsp3) is 0.600. The fourth-order valence-corrected chi connectivity index (χ4v) is 3.91. The van der Waals surface area contributed by atoms with Crippen LogP contribution in [0.25, 0.3) is 0 Å². The Morgan fingerprint density at radius 3 is 2.17 bits per heavy atom. The summed E-state index contributed by atoms with van der Waals surface area (Å²) in [7, 11) is 0. The number of benzene rings is 1. The van der Waals surface area contributed by atoms with Crippen LogP contribution in [0.15, 0.2) is 24.3 Å². The van der Waals surface area contributed by atoms with E-state index in [-0.39, 0.29) is 11.8 Å². The molecule has 0 heterocycles. The molecule has 130 valence electrons. The molecule has 0 spiro atoms. The van der Waals surface area contributed by atoms with Crippen molar-refractivity contribution in [1.82, 2.24) is 5.32 Å². The van der Waals surface area contributed by atoms with Gasteiger partial charge < -0.3 is 10.6 Å². The van der Waals surface area contributed by atoms with Crippen LogP contribution in [0.2, 0.25) is 0 Å². The van der Waals surface area contributed by atoms with Crippen molar-refractivity contribution in [1.29, 1.82) is 0 Å². The molecule has 2 amide bonds. The monoisotopic (exact) mass is 328 g/mol. The maximum Gasteiger partial charge on any atom is 0.251 e. The summed E-state index contributed by atoms with van der Waals surface area (Å²) in [5, 5.41) is 6.06. The van der Waals surface area contributed by atoms with Crippen LogP contribution in [-0.4, -0.2) is 17.9 Å². The first kappa shape index (κ1) is 17.0. The van der Waals surface area contributed by atoms with Crippen molar-refractivity contribution in [2.24, 2.45) is 5.92 Å². The quantitative estimate of drug-likeness (QED) is 0.848. The lowest BCUT2D eigenvalue weighted by Crippen LogP contribution is -2.36. The fourth-order valence-electron chi connectivity index (χ4n) is 3.91. The summed E-state index contributed by atoms with van der Waals surface area (Å²) >= 11 is 0. The summed E-state index contributed by atoms with van der Waals surface area (Å²) in [5.41, 5.74) is 1.43. The van der Waals surface area contributed by atoms with Crippen LogP contribution in [0.4, 0.5) is 5.69 Å². The molecule has 2 fully saturated rings. The zero-order chi connectivity index (χ0) is 16.8. The average molecular weight is 328 g/mol. The van der Waals surface area contributed by atoms with Gasteiger partial charge in [-0.25, -0.2) is 0 Å². The third-order valence-electron chi connectivity index (χ3n) is 5.32. The Bertz CT molecular complexity index is 556. The molecule has 0 atom stereocenters. The van der Waals surface area contributed by atoms with Crippen molar-refractivity contribution in [2.75, 3.05) is 5.32 Å². The molecule has 0 bridgehead atoms. The van der Waals surface area contributed by atoms with Gasteiger partial charge in [-0.1, -0.05) is 32.1 Å². The molecule has 2 saturated carbocycles. The van der Waals surface area contributed by atoms with Crippen molar-refractivity contribution in [3.8, 4) is 0 Å². The molecule has 24 heavy (non-hydrogen) atoms. The normalized spacial score (nSPS) is 19.2. The predicted octanol–water partition coefficient (Wildman–Crippen LogP) is 4.27. The molecular weight excluding hydrogens is 300 g/mol. The first-order chi connectivity index (χ1) is 11.7. The second-order valence-electron chi connectivity index (χ2n) is 7.29. The van der Waals surface area contributed by atoms with Gasteiger partial charge in [-0.3, -0.25) is 9.59 Å². The van der Waals surface area contributed by atoms with Gasteiger partial charge in [0.1, 0.15) is 0 Å². The van der Waals surface area contributed by atoms with E-state index in [0.717, 1.165) is 18.5 Å². The largest absolute Gasteiger partial charge is 0.349 e. The number of hydrogen-bond donors (Lipinski definition) is 2. The minimum absolute atomic E-state index is 0.00858. The van der Waals surface area contributed by atoms with E-state index in [0.29, 0.717) is 23.9 Å². The lowest BCUT2D eigenvalue weighted by Gasteiger charge is -2.22. The van der Waals surface area contributed by atoms with Gasteiger partial charge in [0.15, 0.2) is 0 Å². The molecule has 4 heteroatoms. The molecule has 0 radical (unpaired) electrons. The number of hydrogen-bond acceptors (Lipinski definition) is 2. The number of nitrogens with one attached hydrogen (secondary N) is 2. The maximum atomic E-state index is 12.3. The number of anilines is 1. The van der Waals surface area contributed by atoms with Crippen LogP contribution in [0, 0.1) is 5.92 Å². The topological polar surface area (TPSA) is 58.2 Å². The van der Waals surface area contributed by atoms with Crippen molar-refractivity contribution in [3.63, 3.8) is 0 Å². The zero-order valence-corrected chi connectivity index (χ0v) is 14.4. The van der Waals surface area contributed by atoms with E-state index in [4.69, 9.17) is 0 Å². The van der Waals surface area contributed by atoms with Gasteiger partial charge in [0.05, 0.1) is 0 Å². The van der Waals surface area contributed by atoms with Gasteiger partial charge >= 0.3 is 0 Å². The van der Waals surface area contributed by atoms with Gasteiger partial charge in [0, 0.05) is 23.7 Å². The summed E-state index contributed by atoms with van der Waals surface area (Å²) in [6, 6.07) is 7.55. The highest BCUT2D eigenvalue weighted by Gasteiger charge is 2.19. The zero-order valence-electron chi connectivity index (χ0n) is 14.4. The van der Waals surface area contributed by atoms with E-state index in [2.05, 4.69) is 10.6 Å². The highest BCUT2D eigenvalue weighted by atomic mass is 16.2. The molecule has 3 rings (SSSR count). The Hall–Kier alpha value is -1.84. The Morgan fingerprint density at radius 2 is 1.50 bits per heavy atom. The molecular formula is C20H28N2O2. The Morgan fingerprint density at radius 1 is 0.875 bits per heavy atom. The van der Waals surface area contributed by atoms with Gasteiger partial charge in [-0.15, -0.1) is 0 Å². The smallest absolute Gasteiger partial charge is 0.251 e. The lowest BCUT2D eigenvalue weighted by molar-refractivity contribution is -0.117. The minimum atomic E-state index is -0.00858. The van der Waals surface area contributed by atoms with Gasteiger partial charge in [-0.05, 0) is 55.9 Å². The van der Waals surface area contributed by atoms with Gasteiger partial charge in [0.25, 0.3) is 5.91 Å². The van der Waals surface area contributed by atoms with Crippen LogP contribution in [0.1, 0.15) is 74.6 Å². The van der Waals surface area contributed by atoms with Crippen molar-refractivity contribution >= 4 is 17.5 Å². The second-order valence-corrected chi connectivity index (χ2v) is 7.29. The SMILES string of the molecule is O=C(CC1CCCC1)Nc1ccc(C(=O)NC2CCCCC2)cc1. The number of carbonyl (C=O) groups excluding carboxylic acids is 2. The van der Waals surface area contributed by atoms with E-state index in [9.17, 15) is 9.59 Å². The number of amides is 2. The minimum Gasteiger partial charge on any atom is -0.349 e. The maximum absolute atomic E-state index is 12.3. The average Bonchev–Trinajstić information content (AvgIpc) is 3.09. The highest BCUT2D eigenvalue weighted by molar-refractivity contribution is 5.96. The number of rotatable bonds is 5. The third kappa shape index (κ3) is 4.83. The molecule has 0 saturated heterocycles. The summed E-state index contributed by atoms with van der Waals surface area (Å²) in [6.07, 6.45) is 11.3. The molecule has 0 aromatic heterocycles. The van der Waals surface area contributed by atoms with Crippen LogP contribution < -0.4 is 10.6 Å². The molecule has 2 aliphatic rings. The van der Waals surface area contributed by atoms with Crippen LogP contribution in [-0.2, 0) is 4.79 Å².